The van der Waals surface area contributed by atoms with Crippen LogP contribution in [0.3, 0.4) is 0 Å². The molecule has 0 aromatic heterocycles. The molecular formula is C12H19N3O2. The van der Waals surface area contributed by atoms with Crippen molar-refractivity contribution in [3.8, 4) is 5.75 Å². The van der Waals surface area contributed by atoms with Crippen LogP contribution in [-0.2, 0) is 4.79 Å². The van der Waals surface area contributed by atoms with Crippen LogP contribution >= 0.6 is 0 Å². The number of anilines is 2. The molecule has 1 aromatic rings. The summed E-state index contributed by atoms with van der Waals surface area (Å²) < 4.78 is 5.55. The van der Waals surface area contributed by atoms with Gasteiger partial charge in [-0.15, -0.1) is 0 Å². The van der Waals surface area contributed by atoms with Crippen molar-refractivity contribution in [2.45, 2.75) is 20.0 Å². The summed E-state index contributed by atoms with van der Waals surface area (Å²) in [6.07, 6.45) is 0.0616. The molecule has 17 heavy (non-hydrogen) atoms. The smallest absolute Gasteiger partial charge is 0.239 e. The lowest BCUT2D eigenvalue weighted by molar-refractivity contribution is -0.118. The standard InChI is InChI=1S/C12H19N3O2/c1-8(2)17-10-6-4-5-9(12(10)13)15-7-11(16)14-3/h4-6,8,15H,7,13H2,1-3H3,(H,14,16). The van der Waals surface area contributed by atoms with Gasteiger partial charge in [-0.2, -0.15) is 0 Å². The third-order valence-corrected chi connectivity index (χ3v) is 2.15. The van der Waals surface area contributed by atoms with Crippen LogP contribution < -0.4 is 21.1 Å². The van der Waals surface area contributed by atoms with E-state index in [1.807, 2.05) is 26.0 Å². The van der Waals surface area contributed by atoms with E-state index in [-0.39, 0.29) is 18.6 Å². The highest BCUT2D eigenvalue weighted by molar-refractivity contribution is 5.82. The maximum atomic E-state index is 11.1. The number of amides is 1. The third-order valence-electron chi connectivity index (χ3n) is 2.15. The number of nitrogens with two attached hydrogens (primary N) is 1. The topological polar surface area (TPSA) is 76.4 Å². The Hall–Kier alpha value is -1.91. The minimum Gasteiger partial charge on any atom is -0.489 e. The first-order valence-corrected chi connectivity index (χ1v) is 5.54. The molecular weight excluding hydrogens is 218 g/mol. The molecule has 0 unspecified atom stereocenters. The van der Waals surface area contributed by atoms with Crippen LogP contribution in [-0.4, -0.2) is 25.6 Å². The van der Waals surface area contributed by atoms with E-state index in [0.717, 1.165) is 0 Å². The van der Waals surface area contributed by atoms with Crippen molar-refractivity contribution < 1.29 is 9.53 Å². The van der Waals surface area contributed by atoms with E-state index in [4.69, 9.17) is 10.5 Å². The minimum absolute atomic E-state index is 0.0616. The molecule has 0 saturated carbocycles. The van der Waals surface area contributed by atoms with Crippen molar-refractivity contribution in [3.63, 3.8) is 0 Å². The third kappa shape index (κ3) is 3.86. The Morgan fingerprint density at radius 3 is 2.76 bits per heavy atom. The predicted octanol–water partition coefficient (Wildman–Crippen LogP) is 1.21. The SMILES string of the molecule is CNC(=O)CNc1cccc(OC(C)C)c1N. The first-order chi connectivity index (χ1) is 8.04. The van der Waals surface area contributed by atoms with Crippen LogP contribution in [0.25, 0.3) is 0 Å². The molecule has 0 aliphatic rings. The van der Waals surface area contributed by atoms with E-state index in [1.54, 1.807) is 13.1 Å². The summed E-state index contributed by atoms with van der Waals surface area (Å²) in [5, 5.41) is 5.49. The molecule has 5 nitrogen and oxygen atoms in total. The number of hydrogen-bond acceptors (Lipinski definition) is 4. The summed E-state index contributed by atoms with van der Waals surface area (Å²) in [7, 11) is 1.59. The molecule has 0 radical (unpaired) electrons. The van der Waals surface area contributed by atoms with E-state index < -0.39 is 0 Å². The second-order valence-electron chi connectivity index (χ2n) is 3.91. The zero-order valence-electron chi connectivity index (χ0n) is 10.4. The summed E-state index contributed by atoms with van der Waals surface area (Å²) in [6, 6.07) is 5.45. The van der Waals surface area contributed by atoms with E-state index >= 15 is 0 Å². The number of nitrogens with one attached hydrogen (secondary N) is 2. The number of likely N-dealkylation sites (N-methyl/N-ethyl adjacent to an activating group) is 1. The van der Waals surface area contributed by atoms with Crippen molar-refractivity contribution in [1.82, 2.24) is 5.32 Å². The summed E-state index contributed by atoms with van der Waals surface area (Å²) >= 11 is 0. The number of carbonyl (C=O) groups excluding carboxylic acids is 1. The van der Waals surface area contributed by atoms with Crippen molar-refractivity contribution in [1.29, 1.82) is 0 Å². The lowest BCUT2D eigenvalue weighted by Crippen LogP contribution is -2.26. The maximum absolute atomic E-state index is 11.1. The lowest BCUT2D eigenvalue weighted by Gasteiger charge is -2.15. The summed E-state index contributed by atoms with van der Waals surface area (Å²) in [5.41, 5.74) is 7.16. The van der Waals surface area contributed by atoms with Crippen LogP contribution in [0.5, 0.6) is 5.75 Å². The van der Waals surface area contributed by atoms with Gasteiger partial charge in [-0.25, -0.2) is 0 Å². The molecule has 0 spiro atoms. The molecule has 1 rings (SSSR count). The van der Waals surface area contributed by atoms with E-state index in [2.05, 4.69) is 10.6 Å². The van der Waals surface area contributed by atoms with Crippen molar-refractivity contribution >= 4 is 17.3 Å². The second kappa shape index (κ2) is 5.98. The minimum atomic E-state index is -0.0976. The Morgan fingerprint density at radius 1 is 1.47 bits per heavy atom. The summed E-state index contributed by atoms with van der Waals surface area (Å²) in [4.78, 5) is 11.1. The van der Waals surface area contributed by atoms with Crippen LogP contribution in [0.15, 0.2) is 18.2 Å². The van der Waals surface area contributed by atoms with Gasteiger partial charge in [0.1, 0.15) is 5.75 Å². The van der Waals surface area contributed by atoms with Gasteiger partial charge in [0.15, 0.2) is 0 Å². The molecule has 0 saturated heterocycles. The van der Waals surface area contributed by atoms with Gasteiger partial charge in [-0.3, -0.25) is 4.79 Å². The maximum Gasteiger partial charge on any atom is 0.239 e. The fourth-order valence-corrected chi connectivity index (χ4v) is 1.32. The Balaban J connectivity index is 2.76. The van der Waals surface area contributed by atoms with Gasteiger partial charge in [-0.1, -0.05) is 6.07 Å². The number of rotatable bonds is 5. The summed E-state index contributed by atoms with van der Waals surface area (Å²) in [5.74, 6) is 0.529. The van der Waals surface area contributed by atoms with Crippen LogP contribution in [0, 0.1) is 0 Å². The largest absolute Gasteiger partial charge is 0.489 e. The molecule has 0 fully saturated rings. The number of benzene rings is 1. The van der Waals surface area contributed by atoms with Gasteiger partial charge < -0.3 is 21.1 Å². The molecule has 5 heteroatoms. The molecule has 0 aliphatic carbocycles. The van der Waals surface area contributed by atoms with Gasteiger partial charge in [0.25, 0.3) is 0 Å². The Labute approximate surface area is 101 Å². The zero-order chi connectivity index (χ0) is 12.8. The zero-order valence-corrected chi connectivity index (χ0v) is 10.4. The lowest BCUT2D eigenvalue weighted by atomic mass is 10.2. The molecule has 0 heterocycles. The molecule has 0 aliphatic heterocycles. The predicted molar refractivity (Wildman–Crippen MR) is 69.2 cm³/mol. The Kier molecular flexibility index (Phi) is 4.63. The molecule has 1 aromatic carbocycles. The number of hydrogen-bond donors (Lipinski definition) is 3. The fraction of sp³-hybridized carbons (Fsp3) is 0.417. The fourth-order valence-electron chi connectivity index (χ4n) is 1.32. The molecule has 1 amide bonds. The Bertz CT molecular complexity index is 391. The van der Waals surface area contributed by atoms with Crippen LogP contribution in [0.4, 0.5) is 11.4 Å². The summed E-state index contributed by atoms with van der Waals surface area (Å²) in [6.45, 7) is 4.06. The van der Waals surface area contributed by atoms with Gasteiger partial charge in [0.2, 0.25) is 5.91 Å². The van der Waals surface area contributed by atoms with Gasteiger partial charge in [0.05, 0.1) is 24.0 Å². The van der Waals surface area contributed by atoms with Gasteiger partial charge >= 0.3 is 0 Å². The van der Waals surface area contributed by atoms with E-state index in [1.165, 1.54) is 0 Å². The molecule has 94 valence electrons. The highest BCUT2D eigenvalue weighted by Gasteiger charge is 2.08. The Morgan fingerprint density at radius 2 is 2.18 bits per heavy atom. The van der Waals surface area contributed by atoms with E-state index in [9.17, 15) is 4.79 Å². The molecule has 4 N–H and O–H groups in total. The number of para-hydroxylation sites is 1. The number of ether oxygens (including phenoxy) is 1. The van der Waals surface area contributed by atoms with Gasteiger partial charge in [-0.05, 0) is 26.0 Å². The highest BCUT2D eigenvalue weighted by Crippen LogP contribution is 2.29. The van der Waals surface area contributed by atoms with Gasteiger partial charge in [0, 0.05) is 7.05 Å². The highest BCUT2D eigenvalue weighted by atomic mass is 16.5. The first-order valence-electron chi connectivity index (χ1n) is 5.54. The molecule has 0 bridgehead atoms. The molecule has 0 atom stereocenters. The monoisotopic (exact) mass is 237 g/mol. The number of nitrogen functional groups attached to an aromatic ring is 1. The number of carbonyl (C=O) groups is 1. The van der Waals surface area contributed by atoms with E-state index in [0.29, 0.717) is 17.1 Å². The normalized spacial score (nSPS) is 10.1. The average Bonchev–Trinajstić information content (AvgIpc) is 2.29. The first kappa shape index (κ1) is 13.2. The second-order valence-corrected chi connectivity index (χ2v) is 3.91. The van der Waals surface area contributed by atoms with Crippen LogP contribution in [0.1, 0.15) is 13.8 Å². The van der Waals surface area contributed by atoms with Crippen molar-refractivity contribution in [3.05, 3.63) is 18.2 Å². The van der Waals surface area contributed by atoms with Crippen molar-refractivity contribution in [2.75, 3.05) is 24.6 Å². The quantitative estimate of drug-likeness (QED) is 0.673. The average molecular weight is 237 g/mol. The van der Waals surface area contributed by atoms with Crippen LogP contribution in [0.2, 0.25) is 0 Å². The van der Waals surface area contributed by atoms with Crippen molar-refractivity contribution in [2.24, 2.45) is 0 Å².